The van der Waals surface area contributed by atoms with Crippen LogP contribution in [0.3, 0.4) is 0 Å². The number of nitrogens with one attached hydrogen (secondary N) is 1. The van der Waals surface area contributed by atoms with Crippen LogP contribution < -0.4 is 5.32 Å². The summed E-state index contributed by atoms with van der Waals surface area (Å²) in [5, 5.41) is 3.59. The Morgan fingerprint density at radius 2 is 2.22 bits per heavy atom. The molecular formula is C13H13BrClNO2. The van der Waals surface area contributed by atoms with Gasteiger partial charge in [-0.1, -0.05) is 27.5 Å². The Labute approximate surface area is 119 Å². The van der Waals surface area contributed by atoms with Gasteiger partial charge in [0, 0.05) is 15.1 Å². The van der Waals surface area contributed by atoms with Gasteiger partial charge in [0.15, 0.2) is 0 Å². The topological polar surface area (TPSA) is 38.3 Å². The Morgan fingerprint density at radius 1 is 1.39 bits per heavy atom. The Hall–Kier alpha value is -0.580. The van der Waals surface area contributed by atoms with Crippen LogP contribution in [0.1, 0.15) is 29.6 Å². The van der Waals surface area contributed by atoms with Gasteiger partial charge in [-0.25, -0.2) is 0 Å². The molecule has 1 aromatic rings. The average molecular weight is 331 g/mol. The second-order valence-corrected chi connectivity index (χ2v) is 6.20. The molecule has 96 valence electrons. The van der Waals surface area contributed by atoms with E-state index in [1.54, 1.807) is 18.2 Å². The van der Waals surface area contributed by atoms with Gasteiger partial charge in [0.1, 0.15) is 0 Å². The highest BCUT2D eigenvalue weighted by molar-refractivity contribution is 9.10. The molecule has 2 bridgehead atoms. The van der Waals surface area contributed by atoms with Crippen LogP contribution in [0.5, 0.6) is 0 Å². The van der Waals surface area contributed by atoms with Gasteiger partial charge in [-0.2, -0.15) is 0 Å². The van der Waals surface area contributed by atoms with E-state index in [2.05, 4.69) is 21.2 Å². The van der Waals surface area contributed by atoms with Crippen molar-refractivity contribution >= 4 is 33.4 Å². The first-order valence-corrected chi connectivity index (χ1v) is 7.21. The zero-order valence-electron chi connectivity index (χ0n) is 9.66. The molecule has 3 nitrogen and oxygen atoms in total. The van der Waals surface area contributed by atoms with Gasteiger partial charge in [-0.15, -0.1) is 0 Å². The van der Waals surface area contributed by atoms with E-state index in [1.165, 1.54) is 0 Å². The molecule has 0 saturated carbocycles. The highest BCUT2D eigenvalue weighted by Crippen LogP contribution is 2.34. The number of carbonyl (C=O) groups excluding carboxylic acids is 1. The van der Waals surface area contributed by atoms with Crippen LogP contribution in [0.25, 0.3) is 0 Å². The molecule has 2 aliphatic rings. The number of hydrogen-bond donors (Lipinski definition) is 1. The third-order valence-corrected chi connectivity index (χ3v) is 4.22. The van der Waals surface area contributed by atoms with Gasteiger partial charge in [0.25, 0.3) is 5.91 Å². The zero-order valence-corrected chi connectivity index (χ0v) is 12.0. The molecule has 2 aliphatic heterocycles. The van der Waals surface area contributed by atoms with Crippen molar-refractivity contribution in [2.24, 2.45) is 0 Å². The molecule has 0 spiro atoms. The van der Waals surface area contributed by atoms with Crippen molar-refractivity contribution in [1.82, 2.24) is 5.32 Å². The second kappa shape index (κ2) is 4.83. The molecule has 1 aromatic carbocycles. The molecule has 2 heterocycles. The van der Waals surface area contributed by atoms with Crippen LogP contribution in [-0.2, 0) is 4.74 Å². The minimum atomic E-state index is -0.0839. The number of halogens is 2. The smallest absolute Gasteiger partial charge is 0.251 e. The highest BCUT2D eigenvalue weighted by atomic mass is 79.9. The molecule has 0 aliphatic carbocycles. The lowest BCUT2D eigenvalue weighted by molar-refractivity contribution is 0.0841. The standard InChI is InChI=1S/C13H13BrClNO2/c14-8-3-7(4-9(15)5-8)13(17)16-11-6-10-1-2-12(11)18-10/h3-5,10-12H,1-2,6H2,(H,16,17). The quantitative estimate of drug-likeness (QED) is 0.904. The minimum Gasteiger partial charge on any atom is -0.373 e. The summed E-state index contributed by atoms with van der Waals surface area (Å²) in [6.07, 6.45) is 3.64. The number of fused-ring (bicyclic) bond motifs is 2. The van der Waals surface area contributed by atoms with Crippen LogP contribution in [0.4, 0.5) is 0 Å². The lowest BCUT2D eigenvalue weighted by Gasteiger charge is -2.20. The van der Waals surface area contributed by atoms with Gasteiger partial charge in [0.2, 0.25) is 0 Å². The lowest BCUT2D eigenvalue weighted by atomic mass is 9.95. The van der Waals surface area contributed by atoms with E-state index in [1.807, 2.05) is 0 Å². The summed E-state index contributed by atoms with van der Waals surface area (Å²) in [5.74, 6) is -0.0839. The van der Waals surface area contributed by atoms with E-state index < -0.39 is 0 Å². The summed E-state index contributed by atoms with van der Waals surface area (Å²) in [7, 11) is 0. The number of benzene rings is 1. The third kappa shape index (κ3) is 2.42. The van der Waals surface area contributed by atoms with E-state index in [4.69, 9.17) is 16.3 Å². The molecule has 1 amide bonds. The molecule has 3 atom stereocenters. The first kappa shape index (κ1) is 12.5. The van der Waals surface area contributed by atoms with Crippen LogP contribution in [0.15, 0.2) is 22.7 Å². The van der Waals surface area contributed by atoms with Crippen LogP contribution in [0.2, 0.25) is 5.02 Å². The van der Waals surface area contributed by atoms with Gasteiger partial charge >= 0.3 is 0 Å². The highest BCUT2D eigenvalue weighted by Gasteiger charge is 2.41. The Morgan fingerprint density at radius 3 is 2.83 bits per heavy atom. The van der Waals surface area contributed by atoms with Crippen molar-refractivity contribution in [3.63, 3.8) is 0 Å². The average Bonchev–Trinajstić information content (AvgIpc) is 2.89. The van der Waals surface area contributed by atoms with Crippen molar-refractivity contribution in [1.29, 1.82) is 0 Å². The fourth-order valence-corrected chi connectivity index (χ4v) is 3.59. The number of ether oxygens (including phenoxy) is 1. The number of carbonyl (C=O) groups is 1. The van der Waals surface area contributed by atoms with E-state index in [-0.39, 0.29) is 18.1 Å². The maximum Gasteiger partial charge on any atom is 0.251 e. The van der Waals surface area contributed by atoms with E-state index in [0.29, 0.717) is 16.7 Å². The van der Waals surface area contributed by atoms with Crippen LogP contribution >= 0.6 is 27.5 Å². The summed E-state index contributed by atoms with van der Waals surface area (Å²) >= 11 is 9.28. The lowest BCUT2D eigenvalue weighted by Crippen LogP contribution is -2.41. The van der Waals surface area contributed by atoms with Gasteiger partial charge < -0.3 is 10.1 Å². The molecule has 0 aromatic heterocycles. The summed E-state index contributed by atoms with van der Waals surface area (Å²) in [6, 6.07) is 5.36. The predicted molar refractivity (Wildman–Crippen MR) is 72.9 cm³/mol. The maximum atomic E-state index is 12.1. The van der Waals surface area contributed by atoms with Crippen molar-refractivity contribution in [2.75, 3.05) is 0 Å². The van der Waals surface area contributed by atoms with Crippen molar-refractivity contribution < 1.29 is 9.53 Å². The molecule has 2 saturated heterocycles. The Kier molecular flexibility index (Phi) is 3.34. The summed E-state index contributed by atoms with van der Waals surface area (Å²) < 4.78 is 6.53. The fraction of sp³-hybridized carbons (Fsp3) is 0.462. The van der Waals surface area contributed by atoms with Gasteiger partial charge in [-0.3, -0.25) is 4.79 Å². The van der Waals surface area contributed by atoms with Crippen molar-refractivity contribution in [3.05, 3.63) is 33.3 Å². The monoisotopic (exact) mass is 329 g/mol. The molecule has 0 radical (unpaired) electrons. The Balaban J connectivity index is 1.71. The normalized spacial score (nSPS) is 29.6. The van der Waals surface area contributed by atoms with Crippen molar-refractivity contribution in [3.8, 4) is 0 Å². The van der Waals surface area contributed by atoms with Gasteiger partial charge in [-0.05, 0) is 37.5 Å². The molecule has 18 heavy (non-hydrogen) atoms. The van der Waals surface area contributed by atoms with E-state index in [9.17, 15) is 4.79 Å². The molecular weight excluding hydrogens is 318 g/mol. The molecule has 3 rings (SSSR count). The predicted octanol–water partition coefficient (Wildman–Crippen LogP) is 3.15. The summed E-state index contributed by atoms with van der Waals surface area (Å²) in [5.41, 5.74) is 0.581. The SMILES string of the molecule is O=C(NC1CC2CCC1O2)c1cc(Cl)cc(Br)c1. The third-order valence-electron chi connectivity index (χ3n) is 3.55. The molecule has 3 unspecified atom stereocenters. The van der Waals surface area contributed by atoms with Crippen LogP contribution in [-0.4, -0.2) is 24.2 Å². The molecule has 5 heteroatoms. The Bertz CT molecular complexity index is 474. The maximum absolute atomic E-state index is 12.1. The molecule has 1 N–H and O–H groups in total. The largest absolute Gasteiger partial charge is 0.373 e. The van der Waals surface area contributed by atoms with E-state index >= 15 is 0 Å². The van der Waals surface area contributed by atoms with Crippen molar-refractivity contribution in [2.45, 2.75) is 37.5 Å². The number of rotatable bonds is 2. The summed E-state index contributed by atoms with van der Waals surface area (Å²) in [6.45, 7) is 0. The second-order valence-electron chi connectivity index (χ2n) is 4.85. The first-order valence-electron chi connectivity index (χ1n) is 6.04. The number of hydrogen-bond acceptors (Lipinski definition) is 2. The first-order chi connectivity index (χ1) is 8.61. The van der Waals surface area contributed by atoms with Crippen LogP contribution in [0, 0.1) is 0 Å². The molecule has 2 fully saturated rings. The van der Waals surface area contributed by atoms with Gasteiger partial charge in [0.05, 0.1) is 18.2 Å². The minimum absolute atomic E-state index is 0.0839. The van der Waals surface area contributed by atoms with E-state index in [0.717, 1.165) is 23.7 Å². The number of amides is 1. The fourth-order valence-electron chi connectivity index (χ4n) is 2.73. The summed E-state index contributed by atoms with van der Waals surface area (Å²) in [4.78, 5) is 12.1. The zero-order chi connectivity index (χ0) is 12.7.